The zero-order chi connectivity index (χ0) is 19.9. The quantitative estimate of drug-likeness (QED) is 0.332. The van der Waals surface area contributed by atoms with Crippen LogP contribution in [0.5, 0.6) is 0 Å². The minimum absolute atomic E-state index is 1.16. The first kappa shape index (κ1) is 24.0. The first-order chi connectivity index (χ1) is 13.0. The molecule has 0 aliphatic carbocycles. The standard InChI is InChI=1S/C26H45N/c1-23(2)13-10-14-24(3)15-11-16-25(4)17-12-18-26(5)19-22-27-20-8-6-7-9-21-27/h13,15,17,19H,6-12,14,16,18,20-22H2,1-5H3/b24-15+,25-17+,26-19+. The van der Waals surface area contributed by atoms with Crippen molar-refractivity contribution in [2.45, 2.75) is 98.8 Å². The minimum Gasteiger partial charge on any atom is -0.300 e. The van der Waals surface area contributed by atoms with Crippen LogP contribution in [-0.4, -0.2) is 24.5 Å². The molecule has 0 aromatic carbocycles. The number of allylic oxidation sites excluding steroid dienone is 7. The molecular formula is C26H45N. The molecule has 0 N–H and O–H groups in total. The monoisotopic (exact) mass is 371 g/mol. The number of hydrogen-bond acceptors (Lipinski definition) is 1. The third-order valence-electron chi connectivity index (χ3n) is 5.55. The van der Waals surface area contributed by atoms with E-state index in [-0.39, 0.29) is 0 Å². The van der Waals surface area contributed by atoms with Crippen LogP contribution < -0.4 is 0 Å². The summed E-state index contributed by atoms with van der Waals surface area (Å²) in [6.45, 7) is 15.0. The molecule has 27 heavy (non-hydrogen) atoms. The zero-order valence-corrected chi connectivity index (χ0v) is 18.9. The normalized spacial score (nSPS) is 17.7. The molecule has 1 fully saturated rings. The second kappa shape index (κ2) is 14.9. The van der Waals surface area contributed by atoms with Gasteiger partial charge in [0.05, 0.1) is 0 Å². The largest absolute Gasteiger partial charge is 0.300 e. The predicted molar refractivity (Wildman–Crippen MR) is 123 cm³/mol. The van der Waals surface area contributed by atoms with Crippen molar-refractivity contribution < 1.29 is 0 Å². The van der Waals surface area contributed by atoms with Crippen LogP contribution in [0.1, 0.15) is 98.8 Å². The molecule has 0 bridgehead atoms. The van der Waals surface area contributed by atoms with E-state index in [0.717, 1.165) is 6.54 Å². The van der Waals surface area contributed by atoms with Gasteiger partial charge in [-0.15, -0.1) is 0 Å². The van der Waals surface area contributed by atoms with E-state index in [0.29, 0.717) is 0 Å². The number of likely N-dealkylation sites (tertiary alicyclic amines) is 1. The van der Waals surface area contributed by atoms with Gasteiger partial charge in [0.1, 0.15) is 0 Å². The number of rotatable bonds is 11. The van der Waals surface area contributed by atoms with Crippen LogP contribution in [-0.2, 0) is 0 Å². The summed E-state index contributed by atoms with van der Waals surface area (Å²) in [5.74, 6) is 0. The first-order valence-corrected chi connectivity index (χ1v) is 11.3. The Kier molecular flexibility index (Phi) is 13.2. The summed E-state index contributed by atoms with van der Waals surface area (Å²) < 4.78 is 0. The molecule has 0 saturated carbocycles. The lowest BCUT2D eigenvalue weighted by atomic mass is 10.0. The van der Waals surface area contributed by atoms with Crippen molar-refractivity contribution in [3.63, 3.8) is 0 Å². The van der Waals surface area contributed by atoms with Crippen molar-refractivity contribution in [3.8, 4) is 0 Å². The summed E-state index contributed by atoms with van der Waals surface area (Å²) in [4.78, 5) is 2.63. The Labute approximate surface area is 170 Å². The van der Waals surface area contributed by atoms with E-state index in [1.807, 2.05) is 0 Å². The molecule has 1 aliphatic rings. The average molecular weight is 372 g/mol. The van der Waals surface area contributed by atoms with E-state index in [4.69, 9.17) is 0 Å². The van der Waals surface area contributed by atoms with Crippen molar-refractivity contribution in [3.05, 3.63) is 46.6 Å². The Morgan fingerprint density at radius 3 is 1.52 bits per heavy atom. The van der Waals surface area contributed by atoms with Gasteiger partial charge in [0.15, 0.2) is 0 Å². The summed E-state index contributed by atoms with van der Waals surface area (Å²) >= 11 is 0. The highest BCUT2D eigenvalue weighted by Gasteiger charge is 2.06. The van der Waals surface area contributed by atoms with Crippen LogP contribution in [0.3, 0.4) is 0 Å². The van der Waals surface area contributed by atoms with Gasteiger partial charge >= 0.3 is 0 Å². The molecule has 1 saturated heterocycles. The highest BCUT2D eigenvalue weighted by atomic mass is 15.1. The molecule has 0 radical (unpaired) electrons. The molecule has 1 rings (SSSR count). The van der Waals surface area contributed by atoms with Gasteiger partial charge in [-0.3, -0.25) is 4.90 Å². The van der Waals surface area contributed by atoms with Crippen LogP contribution in [0.4, 0.5) is 0 Å². The lowest BCUT2D eigenvalue weighted by molar-refractivity contribution is 0.315. The maximum Gasteiger partial charge on any atom is 0.0165 e. The highest BCUT2D eigenvalue weighted by molar-refractivity contribution is 5.07. The van der Waals surface area contributed by atoms with Crippen LogP contribution in [0.2, 0.25) is 0 Å². The molecule has 154 valence electrons. The zero-order valence-electron chi connectivity index (χ0n) is 18.9. The molecule has 1 aliphatic heterocycles. The Hall–Kier alpha value is -1.08. The Bertz CT molecular complexity index is 506. The summed E-state index contributed by atoms with van der Waals surface area (Å²) in [6, 6.07) is 0. The van der Waals surface area contributed by atoms with Crippen LogP contribution in [0, 0.1) is 0 Å². The predicted octanol–water partition coefficient (Wildman–Crippen LogP) is 8.01. The van der Waals surface area contributed by atoms with Crippen LogP contribution >= 0.6 is 0 Å². The van der Waals surface area contributed by atoms with Crippen molar-refractivity contribution in [1.29, 1.82) is 0 Å². The van der Waals surface area contributed by atoms with Gasteiger partial charge in [-0.05, 0) is 99.1 Å². The minimum atomic E-state index is 1.16. The van der Waals surface area contributed by atoms with Crippen molar-refractivity contribution in [2.24, 2.45) is 0 Å². The maximum atomic E-state index is 2.63. The number of hydrogen-bond donors (Lipinski definition) is 0. The molecule has 0 unspecified atom stereocenters. The van der Waals surface area contributed by atoms with Gasteiger partial charge in [-0.25, -0.2) is 0 Å². The molecule has 1 heteroatoms. The second-order valence-electron chi connectivity index (χ2n) is 8.76. The van der Waals surface area contributed by atoms with Gasteiger partial charge in [0.2, 0.25) is 0 Å². The molecule has 1 nitrogen and oxygen atoms in total. The lowest BCUT2D eigenvalue weighted by Crippen LogP contribution is -2.24. The lowest BCUT2D eigenvalue weighted by Gasteiger charge is -2.17. The van der Waals surface area contributed by atoms with E-state index < -0.39 is 0 Å². The van der Waals surface area contributed by atoms with E-state index in [1.165, 1.54) is 88.4 Å². The molecule has 0 atom stereocenters. The molecule has 1 heterocycles. The van der Waals surface area contributed by atoms with Crippen LogP contribution in [0.25, 0.3) is 0 Å². The van der Waals surface area contributed by atoms with Crippen molar-refractivity contribution >= 4 is 0 Å². The number of nitrogens with zero attached hydrogens (tertiary/aromatic N) is 1. The van der Waals surface area contributed by atoms with E-state index in [9.17, 15) is 0 Å². The summed E-state index contributed by atoms with van der Waals surface area (Å²) in [7, 11) is 0. The molecule has 0 aromatic heterocycles. The fourth-order valence-electron chi connectivity index (χ4n) is 3.59. The Balaban J connectivity index is 2.21. The Morgan fingerprint density at radius 1 is 0.593 bits per heavy atom. The fourth-order valence-corrected chi connectivity index (χ4v) is 3.59. The van der Waals surface area contributed by atoms with Gasteiger partial charge in [-0.2, -0.15) is 0 Å². The van der Waals surface area contributed by atoms with Gasteiger partial charge < -0.3 is 0 Å². The van der Waals surface area contributed by atoms with Crippen molar-refractivity contribution in [1.82, 2.24) is 4.90 Å². The topological polar surface area (TPSA) is 3.24 Å². The van der Waals surface area contributed by atoms with Gasteiger partial charge in [0, 0.05) is 6.54 Å². The summed E-state index contributed by atoms with van der Waals surface area (Å²) in [5.41, 5.74) is 6.06. The second-order valence-corrected chi connectivity index (χ2v) is 8.76. The molecule has 0 spiro atoms. The van der Waals surface area contributed by atoms with Gasteiger partial charge in [-0.1, -0.05) is 59.4 Å². The Morgan fingerprint density at radius 2 is 1.04 bits per heavy atom. The third-order valence-corrected chi connectivity index (χ3v) is 5.55. The summed E-state index contributed by atoms with van der Waals surface area (Å²) in [6.07, 6.45) is 22.5. The first-order valence-electron chi connectivity index (χ1n) is 11.3. The van der Waals surface area contributed by atoms with Crippen LogP contribution in [0.15, 0.2) is 46.6 Å². The fraction of sp³-hybridized carbons (Fsp3) is 0.692. The maximum absolute atomic E-state index is 2.63. The smallest absolute Gasteiger partial charge is 0.0165 e. The van der Waals surface area contributed by atoms with E-state index >= 15 is 0 Å². The molecule has 0 amide bonds. The van der Waals surface area contributed by atoms with Crippen molar-refractivity contribution in [2.75, 3.05) is 19.6 Å². The molecular weight excluding hydrogens is 326 g/mol. The average Bonchev–Trinajstić information content (AvgIpc) is 2.88. The van der Waals surface area contributed by atoms with Gasteiger partial charge in [0.25, 0.3) is 0 Å². The summed E-state index contributed by atoms with van der Waals surface area (Å²) in [5, 5.41) is 0. The highest BCUT2D eigenvalue weighted by Crippen LogP contribution is 2.14. The van der Waals surface area contributed by atoms with E-state index in [2.05, 4.69) is 63.8 Å². The molecule has 0 aromatic rings. The third kappa shape index (κ3) is 13.7. The van der Waals surface area contributed by atoms with E-state index in [1.54, 1.807) is 11.1 Å². The SMILES string of the molecule is CC(C)=CCC/C(C)=C/CC/C(C)=C/CC/C(C)=C/CN1CCCCCC1.